The lowest BCUT2D eigenvalue weighted by atomic mass is 9.99. The van der Waals surface area contributed by atoms with Crippen molar-refractivity contribution in [2.45, 2.75) is 40.3 Å². The Balaban J connectivity index is 2.11. The quantitative estimate of drug-likeness (QED) is 0.857. The van der Waals surface area contributed by atoms with Crippen molar-refractivity contribution in [3.05, 3.63) is 69.8 Å². The van der Waals surface area contributed by atoms with Crippen LogP contribution < -0.4 is 5.32 Å². The van der Waals surface area contributed by atoms with E-state index in [0.29, 0.717) is 6.54 Å². The Kier molecular flexibility index (Phi) is 4.73. The minimum absolute atomic E-state index is 0.0415. The molecular formula is C18H21F2N. The minimum atomic E-state index is -0.809. The van der Waals surface area contributed by atoms with E-state index in [1.54, 1.807) is 6.07 Å². The highest BCUT2D eigenvalue weighted by Crippen LogP contribution is 2.19. The van der Waals surface area contributed by atoms with Crippen molar-refractivity contribution < 1.29 is 8.78 Å². The summed E-state index contributed by atoms with van der Waals surface area (Å²) in [5.41, 5.74) is 5.75. The monoisotopic (exact) mass is 289 g/mol. The fourth-order valence-electron chi connectivity index (χ4n) is 2.64. The van der Waals surface area contributed by atoms with Crippen LogP contribution in [-0.4, -0.2) is 0 Å². The number of nitrogens with one attached hydrogen (secondary N) is 1. The van der Waals surface area contributed by atoms with E-state index < -0.39 is 11.6 Å². The predicted molar refractivity (Wildman–Crippen MR) is 82.3 cm³/mol. The third kappa shape index (κ3) is 3.67. The van der Waals surface area contributed by atoms with Gasteiger partial charge in [-0.1, -0.05) is 23.8 Å². The van der Waals surface area contributed by atoms with Crippen molar-refractivity contribution >= 4 is 0 Å². The Bertz CT molecular complexity index is 627. The van der Waals surface area contributed by atoms with E-state index in [1.165, 1.54) is 34.4 Å². The average Bonchev–Trinajstić information content (AvgIpc) is 2.40. The van der Waals surface area contributed by atoms with Crippen LogP contribution >= 0.6 is 0 Å². The number of hydrogen-bond donors (Lipinski definition) is 1. The van der Waals surface area contributed by atoms with Crippen LogP contribution in [0.25, 0.3) is 0 Å². The summed E-state index contributed by atoms with van der Waals surface area (Å²) in [6, 6.07) is 8.32. The van der Waals surface area contributed by atoms with Gasteiger partial charge in [-0.15, -0.1) is 0 Å². The van der Waals surface area contributed by atoms with Crippen molar-refractivity contribution in [1.29, 1.82) is 0 Å². The van der Waals surface area contributed by atoms with Crippen molar-refractivity contribution in [1.82, 2.24) is 5.32 Å². The van der Waals surface area contributed by atoms with E-state index in [-0.39, 0.29) is 6.04 Å². The molecule has 2 aromatic carbocycles. The van der Waals surface area contributed by atoms with Crippen molar-refractivity contribution in [2.24, 2.45) is 0 Å². The molecule has 112 valence electrons. The Labute approximate surface area is 125 Å². The zero-order valence-corrected chi connectivity index (χ0v) is 12.9. The van der Waals surface area contributed by atoms with Gasteiger partial charge in [0.25, 0.3) is 0 Å². The zero-order valence-electron chi connectivity index (χ0n) is 12.9. The first-order chi connectivity index (χ1) is 9.88. The third-order valence-electron chi connectivity index (χ3n) is 3.87. The predicted octanol–water partition coefficient (Wildman–Crippen LogP) is 4.74. The molecule has 1 atom stereocenters. The summed E-state index contributed by atoms with van der Waals surface area (Å²) in [6.07, 6.45) is 0. The molecule has 0 saturated carbocycles. The summed E-state index contributed by atoms with van der Waals surface area (Å²) in [5.74, 6) is -1.61. The van der Waals surface area contributed by atoms with E-state index in [2.05, 4.69) is 38.2 Å². The molecule has 0 saturated heterocycles. The molecule has 0 aliphatic carbocycles. The first kappa shape index (κ1) is 15.6. The van der Waals surface area contributed by atoms with Crippen LogP contribution in [0.4, 0.5) is 8.78 Å². The minimum Gasteiger partial charge on any atom is -0.306 e. The standard InChI is InChI=1S/C18H21F2N/c1-11-7-12(2)16(13(3)8-11)10-21-14(4)15-5-6-17(19)18(20)9-15/h5-9,14,21H,10H2,1-4H3. The summed E-state index contributed by atoms with van der Waals surface area (Å²) in [7, 11) is 0. The highest BCUT2D eigenvalue weighted by molar-refractivity contribution is 5.37. The zero-order chi connectivity index (χ0) is 15.6. The molecule has 0 aromatic heterocycles. The highest BCUT2D eigenvalue weighted by Gasteiger charge is 2.10. The maximum atomic E-state index is 13.3. The van der Waals surface area contributed by atoms with Gasteiger partial charge in [0.05, 0.1) is 0 Å². The summed E-state index contributed by atoms with van der Waals surface area (Å²) in [6.45, 7) is 8.93. The van der Waals surface area contributed by atoms with Crippen LogP contribution in [0.2, 0.25) is 0 Å². The Morgan fingerprint density at radius 1 is 0.952 bits per heavy atom. The molecule has 0 radical (unpaired) electrons. The number of benzene rings is 2. The fourth-order valence-corrected chi connectivity index (χ4v) is 2.64. The van der Waals surface area contributed by atoms with Gasteiger partial charge in [0, 0.05) is 12.6 Å². The lowest BCUT2D eigenvalue weighted by Gasteiger charge is -2.17. The highest BCUT2D eigenvalue weighted by atomic mass is 19.2. The van der Waals surface area contributed by atoms with Gasteiger partial charge in [-0.05, 0) is 62.1 Å². The molecule has 1 unspecified atom stereocenters. The van der Waals surface area contributed by atoms with Gasteiger partial charge in [0.2, 0.25) is 0 Å². The van der Waals surface area contributed by atoms with Crippen LogP contribution in [-0.2, 0) is 6.54 Å². The molecule has 0 aliphatic heterocycles. The first-order valence-electron chi connectivity index (χ1n) is 7.13. The Hall–Kier alpha value is -1.74. The molecule has 2 aromatic rings. The number of hydrogen-bond acceptors (Lipinski definition) is 1. The summed E-state index contributed by atoms with van der Waals surface area (Å²) in [5, 5.41) is 3.37. The topological polar surface area (TPSA) is 12.0 Å². The summed E-state index contributed by atoms with van der Waals surface area (Å²) in [4.78, 5) is 0. The van der Waals surface area contributed by atoms with Crippen molar-refractivity contribution in [3.8, 4) is 0 Å². The smallest absolute Gasteiger partial charge is 0.159 e. The van der Waals surface area contributed by atoms with E-state index in [0.717, 1.165) is 5.56 Å². The lowest BCUT2D eigenvalue weighted by Crippen LogP contribution is -2.19. The summed E-state index contributed by atoms with van der Waals surface area (Å²) >= 11 is 0. The maximum absolute atomic E-state index is 13.3. The molecule has 0 heterocycles. The van der Waals surface area contributed by atoms with Crippen molar-refractivity contribution in [3.63, 3.8) is 0 Å². The van der Waals surface area contributed by atoms with Gasteiger partial charge in [-0.3, -0.25) is 0 Å². The number of rotatable bonds is 4. The maximum Gasteiger partial charge on any atom is 0.159 e. The van der Waals surface area contributed by atoms with Crippen LogP contribution in [0.5, 0.6) is 0 Å². The Morgan fingerprint density at radius 3 is 2.14 bits per heavy atom. The lowest BCUT2D eigenvalue weighted by molar-refractivity contribution is 0.500. The van der Waals surface area contributed by atoms with E-state index in [1.807, 2.05) is 6.92 Å². The molecule has 2 rings (SSSR count). The van der Waals surface area contributed by atoms with Gasteiger partial charge >= 0.3 is 0 Å². The number of aryl methyl sites for hydroxylation is 3. The van der Waals surface area contributed by atoms with Gasteiger partial charge in [0.15, 0.2) is 11.6 Å². The SMILES string of the molecule is Cc1cc(C)c(CNC(C)c2ccc(F)c(F)c2)c(C)c1. The van der Waals surface area contributed by atoms with E-state index in [9.17, 15) is 8.78 Å². The second kappa shape index (κ2) is 6.35. The molecule has 0 fully saturated rings. The molecule has 1 nitrogen and oxygen atoms in total. The second-order valence-corrected chi connectivity index (χ2v) is 5.65. The first-order valence-corrected chi connectivity index (χ1v) is 7.13. The largest absolute Gasteiger partial charge is 0.306 e. The Morgan fingerprint density at radius 2 is 1.57 bits per heavy atom. The van der Waals surface area contributed by atoms with Crippen LogP contribution in [0.15, 0.2) is 30.3 Å². The third-order valence-corrected chi connectivity index (χ3v) is 3.87. The van der Waals surface area contributed by atoms with Gasteiger partial charge in [-0.2, -0.15) is 0 Å². The summed E-state index contributed by atoms with van der Waals surface area (Å²) < 4.78 is 26.2. The normalized spacial score (nSPS) is 12.5. The molecule has 21 heavy (non-hydrogen) atoms. The van der Waals surface area contributed by atoms with E-state index >= 15 is 0 Å². The van der Waals surface area contributed by atoms with Crippen molar-refractivity contribution in [2.75, 3.05) is 0 Å². The molecule has 0 bridgehead atoms. The van der Waals surface area contributed by atoms with Crippen LogP contribution in [0.1, 0.15) is 40.8 Å². The molecule has 0 amide bonds. The van der Waals surface area contributed by atoms with Gasteiger partial charge in [-0.25, -0.2) is 8.78 Å². The average molecular weight is 289 g/mol. The van der Waals surface area contributed by atoms with E-state index in [4.69, 9.17) is 0 Å². The van der Waals surface area contributed by atoms with Crippen LogP contribution in [0.3, 0.4) is 0 Å². The molecule has 3 heteroatoms. The molecule has 0 spiro atoms. The molecular weight excluding hydrogens is 268 g/mol. The fraction of sp³-hybridized carbons (Fsp3) is 0.333. The van der Waals surface area contributed by atoms with Gasteiger partial charge < -0.3 is 5.32 Å². The second-order valence-electron chi connectivity index (χ2n) is 5.65. The van der Waals surface area contributed by atoms with Crippen LogP contribution in [0, 0.1) is 32.4 Å². The molecule has 0 aliphatic rings. The van der Waals surface area contributed by atoms with Gasteiger partial charge in [0.1, 0.15) is 0 Å². The number of halogens is 2. The molecule has 1 N–H and O–H groups in total.